The minimum atomic E-state index is -0.692. The van der Waals surface area contributed by atoms with Gasteiger partial charge in [-0.25, -0.2) is 4.98 Å². The predicted octanol–water partition coefficient (Wildman–Crippen LogP) is 1.43. The van der Waals surface area contributed by atoms with Gasteiger partial charge in [0.15, 0.2) is 6.39 Å². The highest BCUT2D eigenvalue weighted by atomic mass is 16.5. The van der Waals surface area contributed by atoms with Crippen LogP contribution in [0, 0.1) is 0 Å². The van der Waals surface area contributed by atoms with Gasteiger partial charge in [0.2, 0.25) is 5.76 Å². The molecule has 1 N–H and O–H groups in total. The summed E-state index contributed by atoms with van der Waals surface area (Å²) >= 11 is 0. The van der Waals surface area contributed by atoms with Crippen molar-refractivity contribution in [2.24, 2.45) is 0 Å². The SMILES string of the molecule is O=C(c1cnco1)N1C[C@@H](O)[C@@]2(C[C@@H](c3ccccc3)CO2)C1. The molecule has 6 heteroatoms. The molecule has 0 saturated carbocycles. The van der Waals surface area contributed by atoms with E-state index in [1.807, 2.05) is 18.2 Å². The Labute approximate surface area is 133 Å². The van der Waals surface area contributed by atoms with Crippen molar-refractivity contribution < 1.29 is 19.1 Å². The molecule has 2 saturated heterocycles. The van der Waals surface area contributed by atoms with E-state index in [0.717, 1.165) is 0 Å². The van der Waals surface area contributed by atoms with Crippen molar-refractivity contribution in [3.05, 3.63) is 54.2 Å². The number of β-amino-alcohol motifs (C(OH)–C–C–N with tert-alkyl or cyclic N) is 1. The Morgan fingerprint density at radius 3 is 2.91 bits per heavy atom. The molecule has 1 aromatic heterocycles. The molecule has 1 spiro atoms. The van der Waals surface area contributed by atoms with Crippen molar-refractivity contribution in [3.63, 3.8) is 0 Å². The second-order valence-corrected chi connectivity index (χ2v) is 6.25. The summed E-state index contributed by atoms with van der Waals surface area (Å²) < 4.78 is 11.0. The maximum atomic E-state index is 12.4. The van der Waals surface area contributed by atoms with Crippen LogP contribution in [0.25, 0.3) is 0 Å². The summed E-state index contributed by atoms with van der Waals surface area (Å²) in [5.74, 6) is 0.170. The molecule has 2 aromatic rings. The molecule has 3 heterocycles. The third-order valence-corrected chi connectivity index (χ3v) is 4.82. The molecule has 1 aromatic carbocycles. The van der Waals surface area contributed by atoms with Gasteiger partial charge in [0, 0.05) is 5.92 Å². The van der Waals surface area contributed by atoms with Crippen LogP contribution in [0.3, 0.4) is 0 Å². The van der Waals surface area contributed by atoms with Crippen LogP contribution in [0.1, 0.15) is 28.5 Å². The van der Waals surface area contributed by atoms with E-state index in [-0.39, 0.29) is 24.1 Å². The summed E-state index contributed by atoms with van der Waals surface area (Å²) in [6.45, 7) is 1.18. The number of oxazole rings is 1. The second-order valence-electron chi connectivity index (χ2n) is 6.25. The number of hydrogen-bond acceptors (Lipinski definition) is 5. The molecule has 120 valence electrons. The van der Waals surface area contributed by atoms with E-state index in [2.05, 4.69) is 17.1 Å². The molecule has 0 radical (unpaired) electrons. The molecule has 4 rings (SSSR count). The van der Waals surface area contributed by atoms with Crippen LogP contribution in [0.2, 0.25) is 0 Å². The average molecular weight is 314 g/mol. The number of hydrogen-bond donors (Lipinski definition) is 1. The number of benzene rings is 1. The summed E-state index contributed by atoms with van der Waals surface area (Å²) in [5.41, 5.74) is 0.521. The fraction of sp³-hybridized carbons (Fsp3) is 0.412. The first-order valence-corrected chi connectivity index (χ1v) is 7.73. The molecular weight excluding hydrogens is 296 g/mol. The first kappa shape index (κ1) is 14.4. The van der Waals surface area contributed by atoms with Gasteiger partial charge in [0.25, 0.3) is 5.91 Å². The fourth-order valence-corrected chi connectivity index (χ4v) is 3.58. The van der Waals surface area contributed by atoms with Crippen molar-refractivity contribution >= 4 is 5.91 Å². The first-order valence-electron chi connectivity index (χ1n) is 7.73. The van der Waals surface area contributed by atoms with Crippen LogP contribution >= 0.6 is 0 Å². The molecule has 1 amide bonds. The van der Waals surface area contributed by atoms with Crippen LogP contribution < -0.4 is 0 Å². The number of likely N-dealkylation sites (tertiary alicyclic amines) is 1. The molecule has 3 atom stereocenters. The Kier molecular flexibility index (Phi) is 3.43. The monoisotopic (exact) mass is 314 g/mol. The lowest BCUT2D eigenvalue weighted by Crippen LogP contribution is -2.41. The Morgan fingerprint density at radius 1 is 1.35 bits per heavy atom. The van der Waals surface area contributed by atoms with Crippen molar-refractivity contribution in [3.8, 4) is 0 Å². The van der Waals surface area contributed by atoms with Gasteiger partial charge < -0.3 is 19.2 Å². The predicted molar refractivity (Wildman–Crippen MR) is 80.9 cm³/mol. The Morgan fingerprint density at radius 2 is 2.17 bits per heavy atom. The van der Waals surface area contributed by atoms with Gasteiger partial charge in [-0.3, -0.25) is 4.79 Å². The fourth-order valence-electron chi connectivity index (χ4n) is 3.58. The quantitative estimate of drug-likeness (QED) is 0.907. The minimum absolute atomic E-state index is 0.187. The van der Waals surface area contributed by atoms with Gasteiger partial charge in [-0.2, -0.15) is 0 Å². The zero-order chi connectivity index (χ0) is 15.9. The number of rotatable bonds is 2. The lowest BCUT2D eigenvalue weighted by molar-refractivity contribution is -0.0591. The first-order chi connectivity index (χ1) is 11.2. The van der Waals surface area contributed by atoms with Crippen LogP contribution in [0.5, 0.6) is 0 Å². The number of aliphatic hydroxyl groups excluding tert-OH is 1. The van der Waals surface area contributed by atoms with Gasteiger partial charge in [0.1, 0.15) is 11.7 Å². The highest BCUT2D eigenvalue weighted by Gasteiger charge is 2.53. The second kappa shape index (κ2) is 5.47. The number of carbonyl (C=O) groups is 1. The van der Waals surface area contributed by atoms with E-state index in [1.54, 1.807) is 4.90 Å². The van der Waals surface area contributed by atoms with E-state index in [9.17, 15) is 9.90 Å². The highest BCUT2D eigenvalue weighted by Crippen LogP contribution is 2.42. The largest absolute Gasteiger partial charge is 0.438 e. The van der Waals surface area contributed by atoms with Crippen molar-refractivity contribution in [1.29, 1.82) is 0 Å². The molecule has 2 aliphatic heterocycles. The number of aliphatic hydroxyl groups is 1. The Bertz CT molecular complexity index is 688. The number of aromatic nitrogens is 1. The Hall–Kier alpha value is -2.18. The van der Waals surface area contributed by atoms with E-state index in [1.165, 1.54) is 18.2 Å². The van der Waals surface area contributed by atoms with Crippen molar-refractivity contribution in [2.45, 2.75) is 24.0 Å². The van der Waals surface area contributed by atoms with E-state index in [4.69, 9.17) is 9.15 Å². The third-order valence-electron chi connectivity index (χ3n) is 4.82. The standard InChI is InChI=1S/C17H18N2O4/c20-15-8-19(16(21)14-7-18-11-22-14)10-17(15)6-13(9-23-17)12-4-2-1-3-5-12/h1-5,7,11,13,15,20H,6,8-10H2/t13-,15-,17-/m1/s1. The van der Waals surface area contributed by atoms with Crippen molar-refractivity contribution in [2.75, 3.05) is 19.7 Å². The lowest BCUT2D eigenvalue weighted by Gasteiger charge is -2.25. The maximum absolute atomic E-state index is 12.4. The lowest BCUT2D eigenvalue weighted by atomic mass is 9.87. The van der Waals surface area contributed by atoms with Gasteiger partial charge in [-0.15, -0.1) is 0 Å². The zero-order valence-electron chi connectivity index (χ0n) is 12.6. The van der Waals surface area contributed by atoms with E-state index in [0.29, 0.717) is 19.6 Å². The van der Waals surface area contributed by atoms with Gasteiger partial charge in [-0.05, 0) is 12.0 Å². The summed E-state index contributed by atoms with van der Waals surface area (Å²) in [5, 5.41) is 10.5. The number of amides is 1. The third kappa shape index (κ3) is 2.44. The smallest absolute Gasteiger partial charge is 0.291 e. The number of nitrogens with zero attached hydrogens (tertiary/aromatic N) is 2. The van der Waals surface area contributed by atoms with Crippen molar-refractivity contribution in [1.82, 2.24) is 9.88 Å². The molecule has 2 aliphatic rings. The number of ether oxygens (including phenoxy) is 1. The van der Waals surface area contributed by atoms with Crippen LogP contribution in [0.15, 0.2) is 47.3 Å². The van der Waals surface area contributed by atoms with E-state index < -0.39 is 11.7 Å². The summed E-state index contributed by atoms with van der Waals surface area (Å²) in [4.78, 5) is 17.7. The molecule has 23 heavy (non-hydrogen) atoms. The Balaban J connectivity index is 1.51. The summed E-state index contributed by atoms with van der Waals surface area (Å²) in [7, 11) is 0. The molecule has 0 aliphatic carbocycles. The molecule has 0 bridgehead atoms. The molecule has 0 unspecified atom stereocenters. The summed E-state index contributed by atoms with van der Waals surface area (Å²) in [6.07, 6.45) is 2.64. The highest BCUT2D eigenvalue weighted by molar-refractivity contribution is 5.91. The minimum Gasteiger partial charge on any atom is -0.438 e. The molecule has 6 nitrogen and oxygen atoms in total. The normalized spacial score (nSPS) is 30.2. The molecular formula is C17H18N2O4. The van der Waals surface area contributed by atoms with Crippen LogP contribution in [-0.2, 0) is 4.74 Å². The summed E-state index contributed by atoms with van der Waals surface area (Å²) in [6, 6.07) is 10.1. The number of carbonyl (C=O) groups excluding carboxylic acids is 1. The average Bonchev–Trinajstić information content (AvgIpc) is 3.30. The van der Waals surface area contributed by atoms with E-state index >= 15 is 0 Å². The van der Waals surface area contributed by atoms with Crippen LogP contribution in [0.4, 0.5) is 0 Å². The molecule has 2 fully saturated rings. The maximum Gasteiger partial charge on any atom is 0.291 e. The zero-order valence-corrected chi connectivity index (χ0v) is 12.6. The topological polar surface area (TPSA) is 75.8 Å². The van der Waals surface area contributed by atoms with Gasteiger partial charge in [-0.1, -0.05) is 30.3 Å². The van der Waals surface area contributed by atoms with Crippen LogP contribution in [-0.4, -0.2) is 52.3 Å². The van der Waals surface area contributed by atoms with Gasteiger partial charge >= 0.3 is 0 Å². The van der Waals surface area contributed by atoms with Gasteiger partial charge in [0.05, 0.1) is 25.9 Å².